The molecule has 0 bridgehead atoms. The number of rotatable bonds is 4. The highest BCUT2D eigenvalue weighted by atomic mass is 79.9. The number of aromatic amines is 2. The normalized spacial score (nSPS) is 16.7. The minimum Gasteiger partial charge on any atom is -0.479 e. The third kappa shape index (κ3) is 3.37. The number of carbonyl (C=O) groups excluding carboxylic acids is 1. The van der Waals surface area contributed by atoms with E-state index >= 15 is 0 Å². The summed E-state index contributed by atoms with van der Waals surface area (Å²) in [6, 6.07) is 1.85. The van der Waals surface area contributed by atoms with Crippen LogP contribution in [0.1, 0.15) is 17.4 Å². The first-order valence-corrected chi connectivity index (χ1v) is 10.4. The summed E-state index contributed by atoms with van der Waals surface area (Å²) in [7, 11) is 1.54. The Balaban J connectivity index is 1.56. The summed E-state index contributed by atoms with van der Waals surface area (Å²) in [4.78, 5) is 31.2. The Morgan fingerprint density at radius 1 is 1.39 bits per heavy atom. The lowest BCUT2D eigenvalue weighted by atomic mass is 10.2. The van der Waals surface area contributed by atoms with E-state index in [-0.39, 0.29) is 11.9 Å². The third-order valence-electron chi connectivity index (χ3n) is 5.21. The van der Waals surface area contributed by atoms with Crippen molar-refractivity contribution in [1.82, 2.24) is 35.0 Å². The van der Waals surface area contributed by atoms with Crippen molar-refractivity contribution in [2.24, 2.45) is 0 Å². The van der Waals surface area contributed by atoms with Crippen molar-refractivity contribution in [2.75, 3.05) is 32.2 Å². The highest BCUT2D eigenvalue weighted by Crippen LogP contribution is 2.36. The van der Waals surface area contributed by atoms with Gasteiger partial charge in [-0.2, -0.15) is 10.1 Å². The number of carbonyl (C=O) groups is 1. The molecule has 5 heterocycles. The number of anilines is 2. The van der Waals surface area contributed by atoms with Crippen LogP contribution in [0, 0.1) is 0 Å². The molecule has 31 heavy (non-hydrogen) atoms. The van der Waals surface area contributed by atoms with Crippen molar-refractivity contribution in [3.8, 4) is 5.88 Å². The lowest BCUT2D eigenvalue weighted by Gasteiger charge is -2.33. The van der Waals surface area contributed by atoms with E-state index in [2.05, 4.69) is 51.4 Å². The number of amides is 1. The zero-order valence-electron chi connectivity index (χ0n) is 16.8. The molecule has 0 saturated carbocycles. The molecule has 1 aliphatic rings. The Bertz CT molecular complexity index is 1290. The molecule has 4 aromatic heterocycles. The zero-order valence-corrected chi connectivity index (χ0v) is 18.4. The van der Waals surface area contributed by atoms with Crippen molar-refractivity contribution < 1.29 is 14.3 Å². The Kier molecular flexibility index (Phi) is 4.94. The number of morpholine rings is 1. The van der Waals surface area contributed by atoms with Crippen LogP contribution in [0.5, 0.6) is 5.88 Å². The number of pyridine rings is 1. The van der Waals surface area contributed by atoms with Crippen molar-refractivity contribution in [2.45, 2.75) is 13.0 Å². The van der Waals surface area contributed by atoms with Gasteiger partial charge in [-0.25, -0.2) is 9.97 Å². The minimum absolute atomic E-state index is 0.0136. The monoisotopic (exact) mass is 486 g/mol. The second kappa shape index (κ2) is 7.78. The van der Waals surface area contributed by atoms with Crippen LogP contribution in [0.25, 0.3) is 22.1 Å². The molecular weight excluding hydrogens is 468 g/mol. The number of aromatic nitrogens is 6. The summed E-state index contributed by atoms with van der Waals surface area (Å²) in [6.07, 6.45) is 3.10. The van der Waals surface area contributed by atoms with E-state index in [0.717, 1.165) is 5.39 Å². The molecule has 1 fully saturated rings. The van der Waals surface area contributed by atoms with Gasteiger partial charge in [-0.1, -0.05) is 0 Å². The largest absolute Gasteiger partial charge is 0.479 e. The molecule has 12 heteroatoms. The maximum atomic E-state index is 13.2. The van der Waals surface area contributed by atoms with Gasteiger partial charge in [-0.3, -0.25) is 9.89 Å². The van der Waals surface area contributed by atoms with Gasteiger partial charge < -0.3 is 24.7 Å². The first kappa shape index (κ1) is 19.7. The first-order valence-electron chi connectivity index (χ1n) is 9.63. The van der Waals surface area contributed by atoms with Crippen molar-refractivity contribution in [1.29, 1.82) is 0 Å². The zero-order chi connectivity index (χ0) is 21.5. The van der Waals surface area contributed by atoms with Crippen molar-refractivity contribution in [3.63, 3.8) is 0 Å². The smallest absolute Gasteiger partial charge is 0.271 e. The van der Waals surface area contributed by atoms with Gasteiger partial charge in [-0.05, 0) is 28.9 Å². The number of nitrogens with zero attached hydrogens (tertiary/aromatic N) is 5. The van der Waals surface area contributed by atoms with E-state index in [4.69, 9.17) is 9.47 Å². The fourth-order valence-corrected chi connectivity index (χ4v) is 4.28. The predicted molar refractivity (Wildman–Crippen MR) is 117 cm³/mol. The topological polar surface area (TPSA) is 134 Å². The van der Waals surface area contributed by atoms with Gasteiger partial charge >= 0.3 is 0 Å². The Labute approximate surface area is 184 Å². The maximum absolute atomic E-state index is 13.2. The van der Waals surface area contributed by atoms with E-state index in [1.807, 2.05) is 13.0 Å². The number of hydrogen-bond donors (Lipinski definition) is 3. The highest BCUT2D eigenvalue weighted by Gasteiger charge is 2.29. The number of nitrogens with one attached hydrogen (secondary N) is 3. The van der Waals surface area contributed by atoms with Crippen LogP contribution in [0.15, 0.2) is 23.1 Å². The molecule has 0 aromatic carbocycles. The fourth-order valence-electron chi connectivity index (χ4n) is 3.64. The molecular formula is C19H19BrN8O3. The molecule has 1 amide bonds. The summed E-state index contributed by atoms with van der Waals surface area (Å²) in [5, 5.41) is 11.5. The lowest BCUT2D eigenvalue weighted by molar-refractivity contribution is 0.00327. The van der Waals surface area contributed by atoms with E-state index in [0.29, 0.717) is 64.0 Å². The minimum atomic E-state index is -0.120. The predicted octanol–water partition coefficient (Wildman–Crippen LogP) is 2.60. The molecule has 1 atom stereocenters. The van der Waals surface area contributed by atoms with Gasteiger partial charge in [0, 0.05) is 11.9 Å². The first-order chi connectivity index (χ1) is 15.1. The van der Waals surface area contributed by atoms with Crippen molar-refractivity contribution in [3.05, 3.63) is 28.8 Å². The number of methoxy groups -OCH3 is 1. The van der Waals surface area contributed by atoms with Crippen LogP contribution < -0.4 is 10.1 Å². The van der Waals surface area contributed by atoms with E-state index in [1.165, 1.54) is 13.4 Å². The fraction of sp³-hybridized carbons (Fsp3) is 0.316. The second-order valence-electron chi connectivity index (χ2n) is 7.16. The van der Waals surface area contributed by atoms with Crippen LogP contribution in [0.3, 0.4) is 0 Å². The van der Waals surface area contributed by atoms with Crippen molar-refractivity contribution >= 4 is 55.4 Å². The average Bonchev–Trinajstić information content (AvgIpc) is 3.37. The summed E-state index contributed by atoms with van der Waals surface area (Å²) >= 11 is 3.58. The molecule has 1 saturated heterocycles. The number of fused-ring (bicyclic) bond motifs is 2. The number of hydrogen-bond acceptors (Lipinski definition) is 8. The molecule has 1 aliphatic heterocycles. The van der Waals surface area contributed by atoms with E-state index < -0.39 is 0 Å². The molecule has 11 nitrogen and oxygen atoms in total. The quantitative estimate of drug-likeness (QED) is 0.400. The Morgan fingerprint density at radius 2 is 2.26 bits per heavy atom. The highest BCUT2D eigenvalue weighted by molar-refractivity contribution is 9.10. The Morgan fingerprint density at radius 3 is 3.06 bits per heavy atom. The van der Waals surface area contributed by atoms with Crippen LogP contribution in [0.4, 0.5) is 11.5 Å². The maximum Gasteiger partial charge on any atom is 0.271 e. The average molecular weight is 487 g/mol. The third-order valence-corrected chi connectivity index (χ3v) is 6.00. The summed E-state index contributed by atoms with van der Waals surface area (Å²) in [5.74, 6) is 0.768. The lowest BCUT2D eigenvalue weighted by Crippen LogP contribution is -2.47. The van der Waals surface area contributed by atoms with Gasteiger partial charge in [0.2, 0.25) is 5.88 Å². The number of H-pyrrole nitrogens is 2. The van der Waals surface area contributed by atoms with Gasteiger partial charge in [0.15, 0.2) is 5.65 Å². The van der Waals surface area contributed by atoms with Crippen LogP contribution in [-0.4, -0.2) is 73.9 Å². The van der Waals surface area contributed by atoms with Gasteiger partial charge in [0.05, 0.1) is 42.4 Å². The molecule has 3 N–H and O–H groups in total. The molecule has 0 aliphatic carbocycles. The van der Waals surface area contributed by atoms with Crippen LogP contribution in [0.2, 0.25) is 0 Å². The summed E-state index contributed by atoms with van der Waals surface area (Å²) in [5.41, 5.74) is 2.18. The summed E-state index contributed by atoms with van der Waals surface area (Å²) < 4.78 is 11.5. The number of halogens is 1. The molecule has 5 rings (SSSR count). The van der Waals surface area contributed by atoms with Gasteiger partial charge in [0.1, 0.15) is 29.2 Å². The van der Waals surface area contributed by atoms with Gasteiger partial charge in [-0.15, -0.1) is 0 Å². The molecule has 0 radical (unpaired) electrons. The van der Waals surface area contributed by atoms with Crippen LogP contribution >= 0.6 is 15.9 Å². The second-order valence-corrected chi connectivity index (χ2v) is 7.95. The molecule has 160 valence electrons. The van der Waals surface area contributed by atoms with Gasteiger partial charge in [0.25, 0.3) is 5.91 Å². The Hall–Kier alpha value is -3.25. The number of ether oxygens (including phenoxy) is 2. The van der Waals surface area contributed by atoms with E-state index in [9.17, 15) is 4.79 Å². The standard InChI is InChI=1S/C19H19BrN8O3/c1-9-7-31-4-3-28(9)19(29)14-13(20)12-16(21-8-22-17(12)25-14)24-11-5-10-6-23-27-15(10)26-18(11)30-2/h5-6,8-9H,3-4,7H2,1-2H3,(H,23,26,27)(H2,21,22,24,25)/t9-/m1/s1. The molecule has 4 aromatic rings. The van der Waals surface area contributed by atoms with E-state index in [1.54, 1.807) is 11.1 Å². The molecule has 0 unspecified atom stereocenters. The molecule has 0 spiro atoms. The van der Waals surface area contributed by atoms with Crippen LogP contribution in [-0.2, 0) is 4.74 Å². The SMILES string of the molecule is COc1nc2[nH]ncc2cc1Nc1ncnc2[nH]c(C(=O)N3CCOC[C@H]3C)c(Br)c12. The summed E-state index contributed by atoms with van der Waals surface area (Å²) in [6.45, 7) is 3.53.